The minimum Gasteiger partial charge on any atom is -0.489 e. The number of aliphatic imine (C=N–C) groups is 1. The molecule has 0 bridgehead atoms. The van der Waals surface area contributed by atoms with Crippen LogP contribution in [0.5, 0.6) is 5.75 Å². The molecule has 1 aromatic rings. The van der Waals surface area contributed by atoms with E-state index >= 15 is 0 Å². The van der Waals surface area contributed by atoms with Crippen LogP contribution in [0.1, 0.15) is 26.7 Å². The van der Waals surface area contributed by atoms with Crippen LogP contribution in [0.25, 0.3) is 0 Å². The number of nitrogens with zero attached hydrogens (tertiary/aromatic N) is 3. The Balaban J connectivity index is 1.50. The van der Waals surface area contributed by atoms with Gasteiger partial charge in [0.2, 0.25) is 0 Å². The summed E-state index contributed by atoms with van der Waals surface area (Å²) in [5, 5.41) is 3.36. The van der Waals surface area contributed by atoms with Gasteiger partial charge in [0.1, 0.15) is 18.0 Å². The highest BCUT2D eigenvalue weighted by Gasteiger charge is 2.30. The number of nitrogens with one attached hydrogen (secondary N) is 1. The molecule has 0 radical (unpaired) electrons. The second kappa shape index (κ2) is 10.3. The highest BCUT2D eigenvalue weighted by Crippen LogP contribution is 2.16. The number of piperazine rings is 1. The van der Waals surface area contributed by atoms with E-state index in [0.29, 0.717) is 26.2 Å². The first kappa shape index (κ1) is 20.5. The Kier molecular flexibility index (Phi) is 7.54. The first-order chi connectivity index (χ1) is 13.7. The van der Waals surface area contributed by atoms with Gasteiger partial charge in [-0.05, 0) is 38.8 Å². The maximum atomic E-state index is 12.5. The van der Waals surface area contributed by atoms with Crippen molar-refractivity contribution in [1.82, 2.24) is 15.1 Å². The molecule has 28 heavy (non-hydrogen) atoms. The summed E-state index contributed by atoms with van der Waals surface area (Å²) in [7, 11) is 0. The maximum Gasteiger partial charge on any atom is 0.251 e. The van der Waals surface area contributed by atoms with Crippen LogP contribution in [0.4, 0.5) is 0 Å². The lowest BCUT2D eigenvalue weighted by molar-refractivity contribution is -0.142. The number of benzene rings is 1. The molecule has 0 saturated carbocycles. The Morgan fingerprint density at radius 1 is 1.25 bits per heavy atom. The number of carbonyl (C=O) groups is 1. The molecule has 2 atom stereocenters. The zero-order valence-electron chi connectivity index (χ0n) is 17.0. The van der Waals surface area contributed by atoms with Crippen molar-refractivity contribution in [3.05, 3.63) is 30.3 Å². The summed E-state index contributed by atoms with van der Waals surface area (Å²) in [6, 6.07) is 9.81. The monoisotopic (exact) mass is 388 g/mol. The van der Waals surface area contributed by atoms with Crippen LogP contribution in [-0.2, 0) is 9.53 Å². The molecule has 2 fully saturated rings. The van der Waals surface area contributed by atoms with Crippen LogP contribution in [0.3, 0.4) is 0 Å². The third kappa shape index (κ3) is 5.61. The SMILES string of the molecule is CCNC(=NCC(C)Oc1ccccc1)N1CCN(C(=O)C2CCCO2)CC1. The molecule has 2 aliphatic rings. The molecular weight excluding hydrogens is 356 g/mol. The number of rotatable bonds is 6. The minimum absolute atomic E-state index is 0.0153. The zero-order chi connectivity index (χ0) is 19.8. The van der Waals surface area contributed by atoms with Gasteiger partial charge in [-0.15, -0.1) is 0 Å². The number of para-hydroxylation sites is 1. The molecule has 2 unspecified atom stereocenters. The largest absolute Gasteiger partial charge is 0.489 e. The van der Waals surface area contributed by atoms with Gasteiger partial charge >= 0.3 is 0 Å². The van der Waals surface area contributed by atoms with Crippen LogP contribution in [0.15, 0.2) is 35.3 Å². The lowest BCUT2D eigenvalue weighted by Gasteiger charge is -2.37. The molecule has 154 valence electrons. The number of hydrogen-bond acceptors (Lipinski definition) is 4. The summed E-state index contributed by atoms with van der Waals surface area (Å²) in [5.41, 5.74) is 0. The highest BCUT2D eigenvalue weighted by molar-refractivity contribution is 5.82. The predicted molar refractivity (Wildman–Crippen MR) is 110 cm³/mol. The fraction of sp³-hybridized carbons (Fsp3) is 0.619. The average molecular weight is 389 g/mol. The predicted octanol–water partition coefficient (Wildman–Crippen LogP) is 1.74. The molecule has 1 N–H and O–H groups in total. The van der Waals surface area contributed by atoms with E-state index in [0.717, 1.165) is 44.2 Å². The van der Waals surface area contributed by atoms with Crippen LogP contribution < -0.4 is 10.1 Å². The van der Waals surface area contributed by atoms with E-state index in [9.17, 15) is 4.79 Å². The van der Waals surface area contributed by atoms with Crippen molar-refractivity contribution < 1.29 is 14.3 Å². The first-order valence-electron chi connectivity index (χ1n) is 10.3. The Morgan fingerprint density at radius 3 is 2.61 bits per heavy atom. The van der Waals surface area contributed by atoms with E-state index < -0.39 is 0 Å². The molecule has 0 spiro atoms. The van der Waals surface area contributed by atoms with Crippen molar-refractivity contribution in [1.29, 1.82) is 0 Å². The summed E-state index contributed by atoms with van der Waals surface area (Å²) in [4.78, 5) is 21.4. The Hall–Kier alpha value is -2.28. The van der Waals surface area contributed by atoms with Crippen LogP contribution >= 0.6 is 0 Å². The van der Waals surface area contributed by atoms with E-state index in [-0.39, 0.29) is 18.1 Å². The average Bonchev–Trinajstić information content (AvgIpc) is 3.26. The van der Waals surface area contributed by atoms with E-state index in [1.165, 1.54) is 0 Å². The van der Waals surface area contributed by atoms with Crippen molar-refractivity contribution in [3.8, 4) is 5.75 Å². The van der Waals surface area contributed by atoms with Crippen molar-refractivity contribution in [3.63, 3.8) is 0 Å². The minimum atomic E-state index is -0.232. The molecule has 2 saturated heterocycles. The normalized spacial score (nSPS) is 21.5. The van der Waals surface area contributed by atoms with Crippen molar-refractivity contribution in [2.24, 2.45) is 4.99 Å². The van der Waals surface area contributed by atoms with E-state index in [2.05, 4.69) is 17.1 Å². The number of amides is 1. The van der Waals surface area contributed by atoms with Gasteiger partial charge in [-0.2, -0.15) is 0 Å². The highest BCUT2D eigenvalue weighted by atomic mass is 16.5. The summed E-state index contributed by atoms with van der Waals surface area (Å²) >= 11 is 0. The van der Waals surface area contributed by atoms with Gasteiger partial charge in [0.15, 0.2) is 5.96 Å². The Bertz CT molecular complexity index is 638. The first-order valence-corrected chi connectivity index (χ1v) is 10.3. The van der Waals surface area contributed by atoms with Crippen molar-refractivity contribution >= 4 is 11.9 Å². The van der Waals surface area contributed by atoms with Gasteiger partial charge in [-0.25, -0.2) is 4.99 Å². The maximum absolute atomic E-state index is 12.5. The molecule has 3 rings (SSSR count). The standard InChI is InChI=1S/C21H32N4O3/c1-3-22-21(23-16-17(2)28-18-8-5-4-6-9-18)25-13-11-24(12-14-25)20(26)19-10-7-15-27-19/h4-6,8-9,17,19H,3,7,10-16H2,1-2H3,(H,22,23). The van der Waals surface area contributed by atoms with Crippen LogP contribution in [0, 0.1) is 0 Å². The molecule has 1 amide bonds. The summed E-state index contributed by atoms with van der Waals surface area (Å²) in [5.74, 6) is 1.88. The Labute approximate surface area is 167 Å². The zero-order valence-corrected chi connectivity index (χ0v) is 17.0. The molecule has 0 aromatic heterocycles. The molecule has 2 aliphatic heterocycles. The second-order valence-corrected chi connectivity index (χ2v) is 7.25. The third-order valence-electron chi connectivity index (χ3n) is 5.01. The smallest absolute Gasteiger partial charge is 0.251 e. The van der Waals surface area contributed by atoms with Crippen LogP contribution in [-0.4, -0.2) is 79.7 Å². The van der Waals surface area contributed by atoms with Crippen molar-refractivity contribution in [2.75, 3.05) is 45.9 Å². The lowest BCUT2D eigenvalue weighted by atomic mass is 10.2. The number of guanidine groups is 1. The quantitative estimate of drug-likeness (QED) is 0.594. The summed E-state index contributed by atoms with van der Waals surface area (Å²) in [6.45, 7) is 9.15. The number of hydrogen-bond donors (Lipinski definition) is 1. The van der Waals surface area contributed by atoms with Gasteiger partial charge in [0.25, 0.3) is 5.91 Å². The van der Waals surface area contributed by atoms with E-state index in [1.807, 2.05) is 42.2 Å². The van der Waals surface area contributed by atoms with Gasteiger partial charge < -0.3 is 24.6 Å². The third-order valence-corrected chi connectivity index (χ3v) is 5.01. The molecule has 7 heteroatoms. The fourth-order valence-electron chi connectivity index (χ4n) is 3.52. The van der Waals surface area contributed by atoms with E-state index in [1.54, 1.807) is 0 Å². The second-order valence-electron chi connectivity index (χ2n) is 7.25. The molecule has 0 aliphatic carbocycles. The molecule has 1 aromatic carbocycles. The molecule has 7 nitrogen and oxygen atoms in total. The Morgan fingerprint density at radius 2 is 1.96 bits per heavy atom. The van der Waals surface area contributed by atoms with Gasteiger partial charge in [-0.3, -0.25) is 4.79 Å². The summed E-state index contributed by atoms with van der Waals surface area (Å²) in [6.07, 6.45) is 1.59. The topological polar surface area (TPSA) is 66.4 Å². The lowest BCUT2D eigenvalue weighted by Crippen LogP contribution is -2.55. The van der Waals surface area contributed by atoms with Crippen molar-refractivity contribution in [2.45, 2.75) is 38.9 Å². The molecular formula is C21H32N4O3. The van der Waals surface area contributed by atoms with Gasteiger partial charge in [0, 0.05) is 39.3 Å². The summed E-state index contributed by atoms with van der Waals surface area (Å²) < 4.78 is 11.5. The van der Waals surface area contributed by atoms with E-state index in [4.69, 9.17) is 14.5 Å². The van der Waals surface area contributed by atoms with Gasteiger partial charge in [0.05, 0.1) is 6.54 Å². The van der Waals surface area contributed by atoms with Crippen LogP contribution in [0.2, 0.25) is 0 Å². The number of ether oxygens (including phenoxy) is 2. The number of carbonyl (C=O) groups excluding carboxylic acids is 1. The molecule has 2 heterocycles. The fourth-order valence-corrected chi connectivity index (χ4v) is 3.52. The van der Waals surface area contributed by atoms with Gasteiger partial charge in [-0.1, -0.05) is 18.2 Å².